The Labute approximate surface area is 136 Å². The van der Waals surface area contributed by atoms with Crippen molar-refractivity contribution >= 4 is 16.0 Å². The molecule has 0 radical (unpaired) electrons. The Bertz CT molecular complexity index is 408. The van der Waals surface area contributed by atoms with Crippen molar-refractivity contribution in [3.63, 3.8) is 0 Å². The monoisotopic (exact) mass is 334 g/mol. The number of aliphatic imine (C=N–C) groups is 1. The Balaban J connectivity index is 3.84. The van der Waals surface area contributed by atoms with Crippen LogP contribution in [0.15, 0.2) is 4.99 Å². The molecule has 0 aliphatic rings. The van der Waals surface area contributed by atoms with Crippen LogP contribution in [-0.4, -0.2) is 46.3 Å². The summed E-state index contributed by atoms with van der Waals surface area (Å²) in [6, 6.07) is 0.378. The van der Waals surface area contributed by atoms with Crippen LogP contribution >= 0.6 is 0 Å². The first-order valence-electron chi connectivity index (χ1n) is 8.25. The van der Waals surface area contributed by atoms with Crippen LogP contribution in [0, 0.1) is 5.92 Å². The first kappa shape index (κ1) is 21.2. The average molecular weight is 335 g/mol. The quantitative estimate of drug-likeness (QED) is 0.305. The minimum atomic E-state index is -3.09. The number of rotatable bonds is 11. The highest BCUT2D eigenvalue weighted by Crippen LogP contribution is 2.07. The highest BCUT2D eigenvalue weighted by atomic mass is 32.2. The fourth-order valence-corrected chi connectivity index (χ4v) is 2.62. The van der Waals surface area contributed by atoms with E-state index in [1.54, 1.807) is 14.0 Å². The van der Waals surface area contributed by atoms with Crippen molar-refractivity contribution in [2.45, 2.75) is 59.4 Å². The molecule has 0 spiro atoms. The van der Waals surface area contributed by atoms with Crippen LogP contribution in [-0.2, 0) is 10.0 Å². The van der Waals surface area contributed by atoms with E-state index in [1.165, 1.54) is 12.8 Å². The molecular formula is C15H34N4O2S. The van der Waals surface area contributed by atoms with Gasteiger partial charge in [0.1, 0.15) is 0 Å². The van der Waals surface area contributed by atoms with Crippen LogP contribution in [0.1, 0.15) is 53.4 Å². The number of guanidine groups is 1. The van der Waals surface area contributed by atoms with Crippen LogP contribution in [0.2, 0.25) is 0 Å². The standard InChI is InChI=1S/C15H34N4O2S/c1-6-22(20,21)18-12-8-11-17-15(16-5)19-14(4)10-7-9-13(2)3/h13-14,18H,6-12H2,1-5H3,(H2,16,17,19). The van der Waals surface area contributed by atoms with E-state index in [9.17, 15) is 8.42 Å². The molecule has 0 aliphatic heterocycles. The molecule has 1 unspecified atom stereocenters. The van der Waals surface area contributed by atoms with Gasteiger partial charge in [0.2, 0.25) is 10.0 Å². The lowest BCUT2D eigenvalue weighted by molar-refractivity contribution is 0.491. The molecule has 0 bridgehead atoms. The minimum absolute atomic E-state index is 0.123. The Morgan fingerprint density at radius 3 is 2.32 bits per heavy atom. The zero-order chi connectivity index (χ0) is 17.0. The molecule has 0 amide bonds. The first-order valence-corrected chi connectivity index (χ1v) is 9.90. The summed E-state index contributed by atoms with van der Waals surface area (Å²) < 4.78 is 25.1. The molecule has 0 aromatic rings. The molecule has 22 heavy (non-hydrogen) atoms. The fourth-order valence-electron chi connectivity index (χ4n) is 1.96. The maximum atomic E-state index is 11.3. The van der Waals surface area contributed by atoms with Gasteiger partial charge in [0.15, 0.2) is 5.96 Å². The molecule has 7 heteroatoms. The molecule has 6 nitrogen and oxygen atoms in total. The number of sulfonamides is 1. The molecule has 1 atom stereocenters. The SMILES string of the molecule is CCS(=O)(=O)NCCCNC(=NC)NC(C)CCCC(C)C. The molecule has 0 saturated heterocycles. The van der Waals surface area contributed by atoms with E-state index >= 15 is 0 Å². The van der Waals surface area contributed by atoms with Gasteiger partial charge < -0.3 is 10.6 Å². The van der Waals surface area contributed by atoms with Gasteiger partial charge in [-0.1, -0.05) is 26.7 Å². The molecule has 0 saturated carbocycles. The van der Waals surface area contributed by atoms with Gasteiger partial charge in [-0.05, 0) is 32.6 Å². The minimum Gasteiger partial charge on any atom is -0.356 e. The Morgan fingerprint density at radius 2 is 1.77 bits per heavy atom. The Morgan fingerprint density at radius 1 is 1.09 bits per heavy atom. The summed E-state index contributed by atoms with van der Waals surface area (Å²) in [5, 5.41) is 6.57. The van der Waals surface area contributed by atoms with Crippen molar-refractivity contribution in [2.24, 2.45) is 10.9 Å². The molecular weight excluding hydrogens is 300 g/mol. The van der Waals surface area contributed by atoms with Crippen LogP contribution < -0.4 is 15.4 Å². The van der Waals surface area contributed by atoms with E-state index in [-0.39, 0.29) is 5.75 Å². The van der Waals surface area contributed by atoms with Gasteiger partial charge in [-0.3, -0.25) is 4.99 Å². The second-order valence-corrected chi connectivity index (χ2v) is 8.12. The van der Waals surface area contributed by atoms with E-state index in [0.717, 1.165) is 24.7 Å². The summed E-state index contributed by atoms with van der Waals surface area (Å²) in [5.74, 6) is 1.64. The predicted molar refractivity (Wildman–Crippen MR) is 94.7 cm³/mol. The van der Waals surface area contributed by atoms with Crippen molar-refractivity contribution in [2.75, 3.05) is 25.9 Å². The summed E-state index contributed by atoms with van der Waals surface area (Å²) >= 11 is 0. The van der Waals surface area contributed by atoms with Crippen molar-refractivity contribution in [1.82, 2.24) is 15.4 Å². The zero-order valence-corrected chi connectivity index (χ0v) is 15.6. The highest BCUT2D eigenvalue weighted by molar-refractivity contribution is 7.89. The lowest BCUT2D eigenvalue weighted by Crippen LogP contribution is -2.43. The van der Waals surface area contributed by atoms with Gasteiger partial charge >= 0.3 is 0 Å². The summed E-state index contributed by atoms with van der Waals surface area (Å²) in [7, 11) is -1.34. The lowest BCUT2D eigenvalue weighted by Gasteiger charge is -2.18. The highest BCUT2D eigenvalue weighted by Gasteiger charge is 2.07. The second kappa shape index (κ2) is 11.7. The third kappa shape index (κ3) is 11.8. The van der Waals surface area contributed by atoms with Crippen molar-refractivity contribution in [3.05, 3.63) is 0 Å². The first-order chi connectivity index (χ1) is 10.3. The van der Waals surface area contributed by atoms with Gasteiger partial charge in [0, 0.05) is 26.2 Å². The number of nitrogens with zero attached hydrogens (tertiary/aromatic N) is 1. The summed E-state index contributed by atoms with van der Waals surface area (Å²) in [5.41, 5.74) is 0. The zero-order valence-electron chi connectivity index (χ0n) is 14.8. The molecule has 0 aromatic heterocycles. The summed E-state index contributed by atoms with van der Waals surface area (Å²) in [4.78, 5) is 4.19. The third-order valence-corrected chi connectivity index (χ3v) is 4.78. The van der Waals surface area contributed by atoms with E-state index in [0.29, 0.717) is 19.1 Å². The van der Waals surface area contributed by atoms with Gasteiger partial charge in [-0.25, -0.2) is 13.1 Å². The van der Waals surface area contributed by atoms with Crippen molar-refractivity contribution < 1.29 is 8.42 Å². The molecule has 0 rings (SSSR count). The normalized spacial score (nSPS) is 14.2. The van der Waals surface area contributed by atoms with Crippen LogP contribution in [0.5, 0.6) is 0 Å². The molecule has 132 valence electrons. The van der Waals surface area contributed by atoms with E-state index in [2.05, 4.69) is 41.1 Å². The average Bonchev–Trinajstić information content (AvgIpc) is 2.45. The molecule has 3 N–H and O–H groups in total. The predicted octanol–water partition coefficient (Wildman–Crippen LogP) is 1.70. The maximum Gasteiger partial charge on any atom is 0.211 e. The summed E-state index contributed by atoms with van der Waals surface area (Å²) in [6.07, 6.45) is 4.30. The van der Waals surface area contributed by atoms with Gasteiger partial charge in [0.25, 0.3) is 0 Å². The van der Waals surface area contributed by atoms with Gasteiger partial charge in [0.05, 0.1) is 5.75 Å². The summed E-state index contributed by atoms with van der Waals surface area (Å²) in [6.45, 7) is 9.40. The maximum absolute atomic E-state index is 11.3. The topological polar surface area (TPSA) is 82.6 Å². The fraction of sp³-hybridized carbons (Fsp3) is 0.933. The van der Waals surface area contributed by atoms with Crippen molar-refractivity contribution in [1.29, 1.82) is 0 Å². The Hall–Kier alpha value is -0.820. The second-order valence-electron chi connectivity index (χ2n) is 6.02. The number of nitrogens with one attached hydrogen (secondary N) is 3. The van der Waals surface area contributed by atoms with Gasteiger partial charge in [-0.2, -0.15) is 0 Å². The Kier molecular flexibility index (Phi) is 11.3. The number of hydrogen-bond acceptors (Lipinski definition) is 3. The number of hydrogen-bond donors (Lipinski definition) is 3. The van der Waals surface area contributed by atoms with Crippen LogP contribution in [0.3, 0.4) is 0 Å². The van der Waals surface area contributed by atoms with E-state index in [1.807, 2.05) is 0 Å². The van der Waals surface area contributed by atoms with E-state index < -0.39 is 10.0 Å². The molecule has 0 heterocycles. The molecule has 0 aliphatic carbocycles. The van der Waals surface area contributed by atoms with Crippen LogP contribution in [0.4, 0.5) is 0 Å². The van der Waals surface area contributed by atoms with E-state index in [4.69, 9.17) is 0 Å². The molecule has 0 fully saturated rings. The smallest absolute Gasteiger partial charge is 0.211 e. The van der Waals surface area contributed by atoms with Gasteiger partial charge in [-0.15, -0.1) is 0 Å². The van der Waals surface area contributed by atoms with Crippen molar-refractivity contribution in [3.8, 4) is 0 Å². The molecule has 0 aromatic carbocycles. The van der Waals surface area contributed by atoms with Crippen LogP contribution in [0.25, 0.3) is 0 Å². The third-order valence-electron chi connectivity index (χ3n) is 3.37. The lowest BCUT2D eigenvalue weighted by atomic mass is 10.0. The largest absolute Gasteiger partial charge is 0.356 e.